The van der Waals surface area contributed by atoms with E-state index in [4.69, 9.17) is 0 Å². The molecule has 1 heterocycles. The third-order valence-electron chi connectivity index (χ3n) is 2.32. The number of hydrogen-bond acceptors (Lipinski definition) is 2. The van der Waals surface area contributed by atoms with Crippen molar-refractivity contribution in [3.8, 4) is 0 Å². The quantitative estimate of drug-likeness (QED) is 0.739. The molecule has 0 bridgehead atoms. The fourth-order valence-corrected chi connectivity index (χ4v) is 1.65. The van der Waals surface area contributed by atoms with Gasteiger partial charge >= 0.3 is 0 Å². The number of rotatable bonds is 4. The topological polar surface area (TPSA) is 30.7 Å². The van der Waals surface area contributed by atoms with Crippen LogP contribution in [-0.4, -0.2) is 15.0 Å². The minimum atomic E-state index is 0.476. The van der Waals surface area contributed by atoms with Gasteiger partial charge in [-0.1, -0.05) is 32.9 Å². The van der Waals surface area contributed by atoms with Crippen molar-refractivity contribution < 1.29 is 0 Å². The zero-order chi connectivity index (χ0) is 10.7. The van der Waals surface area contributed by atoms with E-state index in [1.807, 2.05) is 4.68 Å². The van der Waals surface area contributed by atoms with Crippen molar-refractivity contribution in [1.29, 1.82) is 0 Å². The summed E-state index contributed by atoms with van der Waals surface area (Å²) in [5.74, 6) is 1.14. The zero-order valence-corrected chi connectivity index (χ0v) is 9.91. The lowest BCUT2D eigenvalue weighted by Gasteiger charge is -2.10. The van der Waals surface area contributed by atoms with Crippen LogP contribution in [-0.2, 0) is 13.0 Å². The van der Waals surface area contributed by atoms with Gasteiger partial charge in [0.15, 0.2) is 0 Å². The van der Waals surface area contributed by atoms with Crippen LogP contribution in [0.25, 0.3) is 0 Å². The molecule has 0 fully saturated rings. The van der Waals surface area contributed by atoms with Crippen LogP contribution in [0.4, 0.5) is 0 Å². The average molecular weight is 195 g/mol. The molecule has 1 aromatic rings. The van der Waals surface area contributed by atoms with Gasteiger partial charge in [-0.15, -0.1) is 5.10 Å². The van der Waals surface area contributed by atoms with Crippen molar-refractivity contribution in [2.24, 2.45) is 5.92 Å². The average Bonchev–Trinajstić information content (AvgIpc) is 2.46. The van der Waals surface area contributed by atoms with E-state index in [2.05, 4.69) is 44.9 Å². The summed E-state index contributed by atoms with van der Waals surface area (Å²) in [4.78, 5) is 0. The van der Waals surface area contributed by atoms with Crippen LogP contribution in [0, 0.1) is 5.92 Å². The van der Waals surface area contributed by atoms with Crippen molar-refractivity contribution in [1.82, 2.24) is 15.0 Å². The Morgan fingerprint density at radius 2 is 1.86 bits per heavy atom. The fourth-order valence-electron chi connectivity index (χ4n) is 1.65. The number of hydrogen-bond donors (Lipinski definition) is 0. The molecule has 3 nitrogen and oxygen atoms in total. The minimum Gasteiger partial charge on any atom is -0.249 e. The third-order valence-corrected chi connectivity index (χ3v) is 2.32. The Kier molecular flexibility index (Phi) is 3.67. The predicted octanol–water partition coefficient (Wildman–Crippen LogP) is 2.62. The van der Waals surface area contributed by atoms with E-state index in [0.29, 0.717) is 11.8 Å². The van der Waals surface area contributed by atoms with Gasteiger partial charge in [-0.2, -0.15) is 0 Å². The van der Waals surface area contributed by atoms with E-state index in [0.717, 1.165) is 13.0 Å². The van der Waals surface area contributed by atoms with Crippen molar-refractivity contribution in [2.45, 2.75) is 53.5 Å². The molecule has 0 saturated heterocycles. The Morgan fingerprint density at radius 1 is 1.21 bits per heavy atom. The Bertz CT molecular complexity index is 287. The maximum absolute atomic E-state index is 4.25. The maximum atomic E-state index is 4.25. The largest absolute Gasteiger partial charge is 0.249 e. The van der Waals surface area contributed by atoms with E-state index in [1.165, 1.54) is 11.4 Å². The molecule has 0 aliphatic carbocycles. The number of aryl methyl sites for hydroxylation is 1. The Hall–Kier alpha value is -0.860. The molecule has 0 atom stereocenters. The van der Waals surface area contributed by atoms with Crippen LogP contribution >= 0.6 is 0 Å². The SMILES string of the molecule is CCn1nnc(C(C)C)c1CC(C)C. The van der Waals surface area contributed by atoms with Crippen molar-refractivity contribution in [3.63, 3.8) is 0 Å². The molecule has 0 aliphatic rings. The third kappa shape index (κ3) is 2.34. The summed E-state index contributed by atoms with van der Waals surface area (Å²) in [5, 5.41) is 8.43. The van der Waals surface area contributed by atoms with E-state index in [1.54, 1.807) is 0 Å². The van der Waals surface area contributed by atoms with Crippen LogP contribution in [0.3, 0.4) is 0 Å². The second-order valence-electron chi connectivity index (χ2n) is 4.49. The molecule has 0 unspecified atom stereocenters. The highest BCUT2D eigenvalue weighted by Gasteiger charge is 2.15. The van der Waals surface area contributed by atoms with E-state index >= 15 is 0 Å². The van der Waals surface area contributed by atoms with Gasteiger partial charge in [-0.05, 0) is 25.2 Å². The molecule has 0 aromatic carbocycles. The summed E-state index contributed by atoms with van der Waals surface area (Å²) in [7, 11) is 0. The zero-order valence-electron chi connectivity index (χ0n) is 9.91. The lowest BCUT2D eigenvalue weighted by atomic mass is 10.0. The Morgan fingerprint density at radius 3 is 2.29 bits per heavy atom. The van der Waals surface area contributed by atoms with Gasteiger partial charge in [0.1, 0.15) is 0 Å². The summed E-state index contributed by atoms with van der Waals surface area (Å²) < 4.78 is 2.02. The van der Waals surface area contributed by atoms with Gasteiger partial charge in [0, 0.05) is 6.54 Å². The molecular formula is C11H21N3. The molecule has 0 radical (unpaired) electrons. The summed E-state index contributed by atoms with van der Waals surface area (Å²) >= 11 is 0. The maximum Gasteiger partial charge on any atom is 0.0884 e. The first kappa shape index (κ1) is 11.2. The molecular weight excluding hydrogens is 174 g/mol. The van der Waals surface area contributed by atoms with Gasteiger partial charge in [0.25, 0.3) is 0 Å². The highest BCUT2D eigenvalue weighted by atomic mass is 15.4. The summed E-state index contributed by atoms with van der Waals surface area (Å²) in [6.07, 6.45) is 1.08. The van der Waals surface area contributed by atoms with Crippen molar-refractivity contribution in [3.05, 3.63) is 11.4 Å². The highest BCUT2D eigenvalue weighted by Crippen LogP contribution is 2.19. The molecule has 0 amide bonds. The van der Waals surface area contributed by atoms with Crippen LogP contribution in [0.15, 0.2) is 0 Å². The standard InChI is InChI=1S/C11H21N3/c1-6-14-10(7-8(2)3)11(9(4)5)12-13-14/h8-9H,6-7H2,1-5H3. The van der Waals surface area contributed by atoms with Crippen LogP contribution in [0.2, 0.25) is 0 Å². The first-order chi connectivity index (χ1) is 6.56. The lowest BCUT2D eigenvalue weighted by Crippen LogP contribution is -2.08. The van der Waals surface area contributed by atoms with E-state index in [-0.39, 0.29) is 0 Å². The molecule has 14 heavy (non-hydrogen) atoms. The van der Waals surface area contributed by atoms with Gasteiger partial charge in [0.2, 0.25) is 0 Å². The molecule has 0 saturated carbocycles. The lowest BCUT2D eigenvalue weighted by molar-refractivity contribution is 0.551. The van der Waals surface area contributed by atoms with Crippen LogP contribution in [0.1, 0.15) is 51.9 Å². The molecule has 0 spiro atoms. The smallest absolute Gasteiger partial charge is 0.0884 e. The summed E-state index contributed by atoms with van der Waals surface area (Å²) in [6.45, 7) is 11.8. The summed E-state index contributed by atoms with van der Waals surface area (Å²) in [6, 6.07) is 0. The molecule has 1 aromatic heterocycles. The fraction of sp³-hybridized carbons (Fsp3) is 0.818. The first-order valence-corrected chi connectivity index (χ1v) is 5.48. The van der Waals surface area contributed by atoms with Crippen molar-refractivity contribution >= 4 is 0 Å². The minimum absolute atomic E-state index is 0.476. The first-order valence-electron chi connectivity index (χ1n) is 5.48. The monoisotopic (exact) mass is 195 g/mol. The number of aromatic nitrogens is 3. The van der Waals surface area contributed by atoms with Gasteiger partial charge in [0.05, 0.1) is 11.4 Å². The van der Waals surface area contributed by atoms with Gasteiger partial charge < -0.3 is 0 Å². The second kappa shape index (κ2) is 4.58. The van der Waals surface area contributed by atoms with Crippen LogP contribution in [0.5, 0.6) is 0 Å². The molecule has 0 aliphatic heterocycles. The molecule has 0 N–H and O–H groups in total. The predicted molar refractivity (Wildman–Crippen MR) is 58.3 cm³/mol. The highest BCUT2D eigenvalue weighted by molar-refractivity contribution is 5.14. The molecule has 1 rings (SSSR count). The number of nitrogens with zero attached hydrogens (tertiary/aromatic N) is 3. The Balaban J connectivity index is 3.00. The van der Waals surface area contributed by atoms with E-state index in [9.17, 15) is 0 Å². The van der Waals surface area contributed by atoms with Gasteiger partial charge in [-0.3, -0.25) is 0 Å². The van der Waals surface area contributed by atoms with Gasteiger partial charge in [-0.25, -0.2) is 4.68 Å². The van der Waals surface area contributed by atoms with Crippen molar-refractivity contribution in [2.75, 3.05) is 0 Å². The molecule has 3 heteroatoms. The second-order valence-corrected chi connectivity index (χ2v) is 4.49. The molecule has 80 valence electrons. The summed E-state index contributed by atoms with van der Waals surface area (Å²) in [5.41, 5.74) is 2.48. The normalized spacial score (nSPS) is 11.6. The van der Waals surface area contributed by atoms with E-state index < -0.39 is 0 Å². The van der Waals surface area contributed by atoms with Crippen LogP contribution < -0.4 is 0 Å². The Labute approximate surface area is 86.5 Å².